The van der Waals surface area contributed by atoms with Crippen molar-refractivity contribution < 1.29 is 44.2 Å². The predicted octanol–water partition coefficient (Wildman–Crippen LogP) is -0.924. The highest BCUT2D eigenvalue weighted by molar-refractivity contribution is 5.86. The van der Waals surface area contributed by atoms with Crippen molar-refractivity contribution in [1.82, 2.24) is 0 Å². The smallest absolute Gasteiger partial charge is 0.382 e. The minimum Gasteiger partial charge on any atom is -0.499 e. The monoisotopic (exact) mass is 384 g/mol. The van der Waals surface area contributed by atoms with Crippen LogP contribution < -0.4 is 15.1 Å². The fourth-order valence-electron chi connectivity index (χ4n) is 2.80. The molecule has 27 heavy (non-hydrogen) atoms. The minimum absolute atomic E-state index is 0.0586. The van der Waals surface area contributed by atoms with E-state index in [9.17, 15) is 30.3 Å². The van der Waals surface area contributed by atoms with Crippen molar-refractivity contribution in [3.8, 4) is 17.2 Å². The maximum absolute atomic E-state index is 11.9. The molecule has 0 radical (unpaired) electrons. The topological polar surface area (TPSA) is 159 Å². The van der Waals surface area contributed by atoms with Gasteiger partial charge in [0.15, 0.2) is 5.75 Å². The van der Waals surface area contributed by atoms with Gasteiger partial charge in [0.2, 0.25) is 12.0 Å². The molecule has 0 spiro atoms. The van der Waals surface area contributed by atoms with E-state index in [2.05, 4.69) is 0 Å². The summed E-state index contributed by atoms with van der Waals surface area (Å²) >= 11 is 0. The van der Waals surface area contributed by atoms with Gasteiger partial charge in [-0.2, -0.15) is 0 Å². The van der Waals surface area contributed by atoms with Crippen molar-refractivity contribution in [2.24, 2.45) is 0 Å². The summed E-state index contributed by atoms with van der Waals surface area (Å²) in [6, 6.07) is 4.47. The van der Waals surface area contributed by atoms with E-state index in [4.69, 9.17) is 18.6 Å². The largest absolute Gasteiger partial charge is 0.499 e. The van der Waals surface area contributed by atoms with Gasteiger partial charge in [-0.25, -0.2) is 4.79 Å². The number of hydrogen-bond acceptors (Lipinski definition) is 10. The Bertz CT molecular complexity index is 861. The van der Waals surface area contributed by atoms with Crippen molar-refractivity contribution in [3.05, 3.63) is 28.6 Å². The Labute approximate surface area is 152 Å². The highest BCUT2D eigenvalue weighted by atomic mass is 16.7. The summed E-state index contributed by atoms with van der Waals surface area (Å²) in [4.78, 5) is 11.9. The third-order valence-electron chi connectivity index (χ3n) is 4.20. The SMILES string of the molecule is CCOc1ccc2c(O[C@@H]3O[C@H](CO)[C@H](O)[C@H](O)[C@H]3O)c(O)c(=O)oc2c1. The highest BCUT2D eigenvalue weighted by Crippen LogP contribution is 2.36. The van der Waals surface area contributed by atoms with Crippen LogP contribution in [0.1, 0.15) is 6.92 Å². The second-order valence-electron chi connectivity index (χ2n) is 5.97. The molecule has 0 aliphatic carbocycles. The first-order valence-electron chi connectivity index (χ1n) is 8.27. The second kappa shape index (κ2) is 7.71. The Balaban J connectivity index is 2.00. The van der Waals surface area contributed by atoms with E-state index < -0.39 is 48.7 Å². The molecule has 1 aliphatic rings. The predicted molar refractivity (Wildman–Crippen MR) is 89.7 cm³/mol. The van der Waals surface area contributed by atoms with Crippen LogP contribution >= 0.6 is 0 Å². The van der Waals surface area contributed by atoms with Gasteiger partial charge in [0.1, 0.15) is 35.7 Å². The summed E-state index contributed by atoms with van der Waals surface area (Å²) in [6.07, 6.45) is -7.70. The fraction of sp³-hybridized carbons (Fsp3) is 0.471. The molecule has 5 N–H and O–H groups in total. The number of rotatable bonds is 5. The number of hydrogen-bond donors (Lipinski definition) is 5. The van der Waals surface area contributed by atoms with E-state index >= 15 is 0 Å². The Morgan fingerprint density at radius 1 is 1.15 bits per heavy atom. The first kappa shape index (κ1) is 19.4. The molecule has 10 nitrogen and oxygen atoms in total. The summed E-state index contributed by atoms with van der Waals surface area (Å²) in [6.45, 7) is 1.53. The standard InChI is InChI=1S/C17H20O10/c1-2-24-7-3-4-8-9(5-7)25-16(23)14(22)15(8)27-17-13(21)12(20)11(19)10(6-18)26-17/h3-5,10-13,17-22H,2,6H2,1H3/t10-,11+,12+,13-,17+/m1/s1. The van der Waals surface area contributed by atoms with Crippen LogP contribution in [-0.4, -0.2) is 69.5 Å². The van der Waals surface area contributed by atoms with E-state index in [-0.39, 0.29) is 16.7 Å². The second-order valence-corrected chi connectivity index (χ2v) is 5.97. The third kappa shape index (κ3) is 3.57. The molecule has 0 amide bonds. The van der Waals surface area contributed by atoms with Gasteiger partial charge in [-0.05, 0) is 19.1 Å². The Morgan fingerprint density at radius 2 is 1.89 bits per heavy atom. The lowest BCUT2D eigenvalue weighted by molar-refractivity contribution is -0.277. The molecule has 1 saturated heterocycles. The number of aliphatic hydroxyl groups excluding tert-OH is 4. The number of aromatic hydroxyl groups is 1. The molecule has 5 atom stereocenters. The lowest BCUT2D eigenvalue weighted by Crippen LogP contribution is -2.60. The molecule has 148 valence electrons. The van der Waals surface area contributed by atoms with Crippen LogP contribution in [0.15, 0.2) is 27.4 Å². The van der Waals surface area contributed by atoms with E-state index in [0.29, 0.717) is 12.4 Å². The van der Waals surface area contributed by atoms with Crippen molar-refractivity contribution in [1.29, 1.82) is 0 Å². The number of fused-ring (bicyclic) bond motifs is 1. The molecule has 2 heterocycles. The summed E-state index contributed by atoms with van der Waals surface area (Å²) in [5, 5.41) is 49.2. The van der Waals surface area contributed by atoms with Crippen molar-refractivity contribution in [2.75, 3.05) is 13.2 Å². The van der Waals surface area contributed by atoms with Crippen LogP contribution in [0.25, 0.3) is 11.0 Å². The van der Waals surface area contributed by atoms with Crippen molar-refractivity contribution in [2.45, 2.75) is 37.6 Å². The van der Waals surface area contributed by atoms with E-state index in [1.807, 2.05) is 0 Å². The fourth-order valence-corrected chi connectivity index (χ4v) is 2.80. The van der Waals surface area contributed by atoms with Gasteiger partial charge < -0.3 is 44.2 Å². The molecule has 0 unspecified atom stereocenters. The minimum atomic E-state index is -1.70. The zero-order chi connectivity index (χ0) is 19.7. The zero-order valence-electron chi connectivity index (χ0n) is 14.3. The maximum Gasteiger partial charge on any atom is 0.382 e. The molecule has 10 heteroatoms. The van der Waals surface area contributed by atoms with E-state index in [1.165, 1.54) is 12.1 Å². The van der Waals surface area contributed by atoms with Crippen LogP contribution in [0, 0.1) is 0 Å². The Morgan fingerprint density at radius 3 is 2.56 bits per heavy atom. The number of ether oxygens (including phenoxy) is 3. The molecule has 0 saturated carbocycles. The van der Waals surface area contributed by atoms with Gasteiger partial charge in [0, 0.05) is 6.07 Å². The van der Waals surface area contributed by atoms with Gasteiger partial charge in [-0.1, -0.05) is 0 Å². The van der Waals surface area contributed by atoms with E-state index in [1.54, 1.807) is 13.0 Å². The molecule has 1 fully saturated rings. The van der Waals surface area contributed by atoms with Crippen molar-refractivity contribution in [3.63, 3.8) is 0 Å². The Kier molecular flexibility index (Phi) is 5.53. The molecule has 0 bridgehead atoms. The normalized spacial score (nSPS) is 28.3. The Hall–Kier alpha value is -2.37. The highest BCUT2D eigenvalue weighted by Gasteiger charge is 2.45. The summed E-state index contributed by atoms with van der Waals surface area (Å²) in [5.41, 5.74) is -1.03. The van der Waals surface area contributed by atoms with E-state index in [0.717, 1.165) is 0 Å². The van der Waals surface area contributed by atoms with Crippen LogP contribution in [-0.2, 0) is 4.74 Å². The molecule has 1 aliphatic heterocycles. The van der Waals surface area contributed by atoms with Crippen LogP contribution in [0.2, 0.25) is 0 Å². The van der Waals surface area contributed by atoms with Gasteiger partial charge in [-0.3, -0.25) is 0 Å². The van der Waals surface area contributed by atoms with Gasteiger partial charge in [-0.15, -0.1) is 0 Å². The summed E-state index contributed by atoms with van der Waals surface area (Å²) in [7, 11) is 0. The first-order chi connectivity index (χ1) is 12.9. The number of benzene rings is 1. The van der Waals surface area contributed by atoms with Crippen LogP contribution in [0.3, 0.4) is 0 Å². The average Bonchev–Trinajstić information content (AvgIpc) is 2.65. The zero-order valence-corrected chi connectivity index (χ0v) is 14.3. The van der Waals surface area contributed by atoms with Crippen molar-refractivity contribution >= 4 is 11.0 Å². The molecule has 3 rings (SSSR count). The van der Waals surface area contributed by atoms with Gasteiger partial charge in [0.05, 0.1) is 18.6 Å². The quantitative estimate of drug-likeness (QED) is 0.408. The maximum atomic E-state index is 11.9. The van der Waals surface area contributed by atoms with Crippen LogP contribution in [0.5, 0.6) is 17.2 Å². The summed E-state index contributed by atoms with van der Waals surface area (Å²) < 4.78 is 21.0. The van der Waals surface area contributed by atoms with Crippen LogP contribution in [0.4, 0.5) is 0 Å². The van der Waals surface area contributed by atoms with Gasteiger partial charge >= 0.3 is 5.63 Å². The molecule has 1 aromatic carbocycles. The molecule has 1 aromatic heterocycles. The number of aliphatic hydroxyl groups is 4. The lowest BCUT2D eigenvalue weighted by Gasteiger charge is -2.39. The molecular weight excluding hydrogens is 364 g/mol. The lowest BCUT2D eigenvalue weighted by atomic mass is 9.99. The molecule has 2 aromatic rings. The molecular formula is C17H20O10. The third-order valence-corrected chi connectivity index (χ3v) is 4.20. The average molecular weight is 384 g/mol. The van der Waals surface area contributed by atoms with Gasteiger partial charge in [0.25, 0.3) is 0 Å². The first-order valence-corrected chi connectivity index (χ1v) is 8.27. The summed E-state index contributed by atoms with van der Waals surface area (Å²) in [5.74, 6) is -0.769.